The number of hydrogen-bond donors (Lipinski definition) is 0. The minimum Gasteiger partial charge on any atom is -0.468 e. The van der Waals surface area contributed by atoms with Crippen LogP contribution in [0.15, 0.2) is 23.2 Å². The van der Waals surface area contributed by atoms with Crippen molar-refractivity contribution in [2.24, 2.45) is 10.9 Å². The molecule has 1 aromatic carbocycles. The van der Waals surface area contributed by atoms with Gasteiger partial charge in [0.2, 0.25) is 0 Å². The van der Waals surface area contributed by atoms with E-state index in [9.17, 15) is 9.18 Å². The molecule has 0 aromatic heterocycles. The van der Waals surface area contributed by atoms with E-state index in [-0.39, 0.29) is 5.04 Å². The van der Waals surface area contributed by atoms with Gasteiger partial charge in [-0.05, 0) is 30.9 Å². The molecule has 4 nitrogen and oxygen atoms in total. The molecule has 100 valence electrons. The van der Waals surface area contributed by atoms with Crippen LogP contribution in [0.25, 0.3) is 0 Å². The molecule has 0 saturated heterocycles. The molecule has 1 aromatic rings. The third-order valence-corrected chi connectivity index (χ3v) is 3.17. The molecular weight excluding hydrogens is 267 g/mol. The normalized spacial score (nSPS) is 12.7. The maximum atomic E-state index is 13.2. The monoisotopic (exact) mass is 280 g/mol. The number of carbonyl (C=O) groups is 1. The van der Waals surface area contributed by atoms with E-state index in [1.54, 1.807) is 19.2 Å². The van der Waals surface area contributed by atoms with Crippen molar-refractivity contribution in [2.45, 2.75) is 6.92 Å². The predicted molar refractivity (Wildman–Crippen MR) is 72.9 cm³/mol. The van der Waals surface area contributed by atoms with E-state index >= 15 is 0 Å². The van der Waals surface area contributed by atoms with Crippen molar-refractivity contribution in [3.63, 3.8) is 0 Å². The van der Waals surface area contributed by atoms with Gasteiger partial charge in [0.25, 0.3) is 0 Å². The highest BCUT2D eigenvalue weighted by molar-refractivity contribution is 8.13. The number of nitrogens with zero attached hydrogens (tertiary/aromatic N) is 2. The Labute approximate surface area is 115 Å². The first-order valence-electron chi connectivity index (χ1n) is 5.39. The highest BCUT2D eigenvalue weighted by Crippen LogP contribution is 2.23. The molecule has 0 spiro atoms. The van der Waals surface area contributed by atoms with Crippen molar-refractivity contribution in [2.75, 3.05) is 13.4 Å². The Bertz CT molecular complexity index is 552. The fourth-order valence-electron chi connectivity index (χ4n) is 1.38. The summed E-state index contributed by atoms with van der Waals surface area (Å²) in [7, 11) is 1.21. The first kappa shape index (κ1) is 15.2. The summed E-state index contributed by atoms with van der Waals surface area (Å²) in [5, 5.41) is 9.29. The summed E-state index contributed by atoms with van der Waals surface area (Å²) in [6.45, 7) is 1.77. The summed E-state index contributed by atoms with van der Waals surface area (Å²) in [5.41, 5.74) is 1.16. The van der Waals surface area contributed by atoms with E-state index in [2.05, 4.69) is 9.73 Å². The maximum Gasteiger partial charge on any atom is 0.329 e. The van der Waals surface area contributed by atoms with Gasteiger partial charge in [0.15, 0.2) is 5.92 Å². The number of carbonyl (C=O) groups excluding carboxylic acids is 1. The van der Waals surface area contributed by atoms with Gasteiger partial charge >= 0.3 is 5.97 Å². The molecule has 0 aliphatic heterocycles. The molecule has 1 unspecified atom stereocenters. The Morgan fingerprint density at radius 3 is 2.79 bits per heavy atom. The van der Waals surface area contributed by atoms with Gasteiger partial charge in [-0.2, -0.15) is 5.26 Å². The van der Waals surface area contributed by atoms with Crippen LogP contribution in [0.4, 0.5) is 10.1 Å². The molecule has 19 heavy (non-hydrogen) atoms. The third-order valence-electron chi connectivity index (χ3n) is 2.42. The van der Waals surface area contributed by atoms with Crippen LogP contribution in [-0.4, -0.2) is 24.4 Å². The summed E-state index contributed by atoms with van der Waals surface area (Å²) in [5.74, 6) is -2.19. The highest BCUT2D eigenvalue weighted by atomic mass is 32.2. The summed E-state index contributed by atoms with van der Waals surface area (Å²) in [4.78, 5) is 15.7. The van der Waals surface area contributed by atoms with E-state index in [4.69, 9.17) is 5.26 Å². The summed E-state index contributed by atoms with van der Waals surface area (Å²) >= 11 is 1.16. The largest absolute Gasteiger partial charge is 0.468 e. The molecule has 1 rings (SSSR count). The minimum absolute atomic E-state index is 0.281. The number of halogens is 1. The first-order chi connectivity index (χ1) is 9.03. The van der Waals surface area contributed by atoms with Crippen molar-refractivity contribution in [1.29, 1.82) is 5.26 Å². The van der Waals surface area contributed by atoms with Crippen LogP contribution in [0.1, 0.15) is 5.56 Å². The van der Waals surface area contributed by atoms with Crippen LogP contribution in [0.5, 0.6) is 0 Å². The van der Waals surface area contributed by atoms with Gasteiger partial charge in [0.1, 0.15) is 10.9 Å². The Hall–Kier alpha value is -1.87. The molecule has 6 heteroatoms. The van der Waals surface area contributed by atoms with E-state index < -0.39 is 17.7 Å². The zero-order chi connectivity index (χ0) is 14.4. The van der Waals surface area contributed by atoms with E-state index in [1.165, 1.54) is 19.2 Å². The molecule has 0 aliphatic rings. The number of methoxy groups -OCH3 is 1. The van der Waals surface area contributed by atoms with Crippen molar-refractivity contribution in [1.82, 2.24) is 0 Å². The maximum absolute atomic E-state index is 13.2. The van der Waals surface area contributed by atoms with Crippen LogP contribution in [0.3, 0.4) is 0 Å². The average molecular weight is 280 g/mol. The van der Waals surface area contributed by atoms with Gasteiger partial charge in [0, 0.05) is 0 Å². The van der Waals surface area contributed by atoms with Gasteiger partial charge < -0.3 is 4.74 Å². The summed E-state index contributed by atoms with van der Waals surface area (Å²) in [6, 6.07) is 6.02. The molecule has 0 heterocycles. The molecule has 0 radical (unpaired) electrons. The van der Waals surface area contributed by atoms with Crippen LogP contribution in [-0.2, 0) is 9.53 Å². The van der Waals surface area contributed by atoms with Gasteiger partial charge in [-0.3, -0.25) is 4.79 Å². The third kappa shape index (κ3) is 3.80. The summed E-state index contributed by atoms with van der Waals surface area (Å²) in [6.07, 6.45) is 1.70. The van der Waals surface area contributed by atoms with Gasteiger partial charge in [-0.15, -0.1) is 11.8 Å². The fraction of sp³-hybridized carbons (Fsp3) is 0.308. The molecule has 0 saturated carbocycles. The number of hydrogen-bond acceptors (Lipinski definition) is 5. The molecule has 0 N–H and O–H groups in total. The number of benzene rings is 1. The standard InChI is InChI=1S/C13H13FN2O2S/c1-8-4-5-9(14)6-11(8)16-12(19-3)10(7-15)13(17)18-2/h4-6,10H,1-3H3. The van der Waals surface area contributed by atoms with Crippen molar-refractivity contribution in [3.05, 3.63) is 29.6 Å². The van der Waals surface area contributed by atoms with Crippen LogP contribution < -0.4 is 0 Å². The number of ether oxygens (including phenoxy) is 1. The van der Waals surface area contributed by atoms with Gasteiger partial charge in [-0.25, -0.2) is 9.38 Å². The lowest BCUT2D eigenvalue weighted by Gasteiger charge is -2.09. The SMILES string of the molecule is COC(=O)C(C#N)C(=Nc1cc(F)ccc1C)SC. The Morgan fingerprint density at radius 2 is 2.26 bits per heavy atom. The Balaban J connectivity index is 3.21. The lowest BCUT2D eigenvalue weighted by molar-refractivity contribution is -0.141. The molecule has 0 bridgehead atoms. The van der Waals surface area contributed by atoms with E-state index in [0.29, 0.717) is 5.69 Å². The highest BCUT2D eigenvalue weighted by Gasteiger charge is 2.25. The van der Waals surface area contributed by atoms with E-state index in [0.717, 1.165) is 17.3 Å². The van der Waals surface area contributed by atoms with Crippen molar-refractivity contribution >= 4 is 28.5 Å². The van der Waals surface area contributed by atoms with Crippen molar-refractivity contribution in [3.8, 4) is 6.07 Å². The molecule has 0 amide bonds. The smallest absolute Gasteiger partial charge is 0.329 e. The number of aliphatic imine (C=N–C) groups is 1. The number of thioether (sulfide) groups is 1. The zero-order valence-corrected chi connectivity index (χ0v) is 11.6. The lowest BCUT2D eigenvalue weighted by Crippen LogP contribution is -2.21. The number of rotatable bonds is 3. The van der Waals surface area contributed by atoms with Crippen LogP contribution >= 0.6 is 11.8 Å². The lowest BCUT2D eigenvalue weighted by atomic mass is 10.1. The topological polar surface area (TPSA) is 62.5 Å². The van der Waals surface area contributed by atoms with Gasteiger partial charge in [0.05, 0.1) is 18.9 Å². The van der Waals surface area contributed by atoms with E-state index in [1.807, 2.05) is 6.07 Å². The van der Waals surface area contributed by atoms with Crippen LogP contribution in [0.2, 0.25) is 0 Å². The second-order valence-corrected chi connectivity index (χ2v) is 4.50. The number of esters is 1. The van der Waals surface area contributed by atoms with Gasteiger partial charge in [-0.1, -0.05) is 6.07 Å². The molecular formula is C13H13FN2O2S. The fourth-order valence-corrected chi connectivity index (χ4v) is 1.95. The molecule has 0 fully saturated rings. The predicted octanol–water partition coefficient (Wildman–Crippen LogP) is 2.84. The van der Waals surface area contributed by atoms with Crippen molar-refractivity contribution < 1.29 is 13.9 Å². The number of aryl methyl sites for hydroxylation is 1. The second-order valence-electron chi connectivity index (χ2n) is 3.67. The summed E-state index contributed by atoms with van der Waals surface area (Å²) < 4.78 is 17.7. The average Bonchev–Trinajstić information content (AvgIpc) is 2.41. The Morgan fingerprint density at radius 1 is 1.58 bits per heavy atom. The second kappa shape index (κ2) is 6.90. The first-order valence-corrected chi connectivity index (χ1v) is 6.62. The molecule has 1 atom stereocenters. The Kier molecular flexibility index (Phi) is 5.52. The van der Waals surface area contributed by atoms with Crippen LogP contribution in [0, 0.1) is 30.0 Å². The quantitative estimate of drug-likeness (QED) is 0.485. The zero-order valence-electron chi connectivity index (χ0n) is 10.8. The number of nitriles is 1. The minimum atomic E-state index is -1.09. The molecule has 0 aliphatic carbocycles.